The Hall–Kier alpha value is -1.99. The molecule has 144 valence electrons. The Morgan fingerprint density at radius 2 is 1.81 bits per heavy atom. The Morgan fingerprint density at radius 1 is 1.15 bits per heavy atom. The van der Waals surface area contributed by atoms with E-state index in [-0.39, 0.29) is 30.8 Å². The topological polar surface area (TPSA) is 79.9 Å². The van der Waals surface area contributed by atoms with Crippen molar-refractivity contribution in [2.24, 2.45) is 5.92 Å². The molecule has 0 aromatic heterocycles. The molecule has 2 fully saturated rings. The van der Waals surface area contributed by atoms with Crippen LogP contribution in [0.15, 0.2) is 18.2 Å². The van der Waals surface area contributed by atoms with E-state index in [1.165, 1.54) is 12.8 Å². The maximum absolute atomic E-state index is 12.6. The standard InChI is InChI=1S/C18H25N3O4.ClH/c1-24-14-7-13(8-15(9-14)25-2)21-6-5-16(18(21)23)20-17(22)11-19-10-12-3-4-12;/h7-9,12,16,19H,3-6,10-11H2,1-2H3,(H,20,22);1H. The van der Waals surface area contributed by atoms with Gasteiger partial charge in [0.05, 0.1) is 26.5 Å². The molecule has 0 radical (unpaired) electrons. The van der Waals surface area contributed by atoms with E-state index < -0.39 is 6.04 Å². The van der Waals surface area contributed by atoms with Gasteiger partial charge in [0.25, 0.3) is 0 Å². The van der Waals surface area contributed by atoms with Gasteiger partial charge in [-0.15, -0.1) is 12.4 Å². The summed E-state index contributed by atoms with van der Waals surface area (Å²) >= 11 is 0. The molecule has 1 aromatic rings. The van der Waals surface area contributed by atoms with Crippen LogP contribution in [0.4, 0.5) is 5.69 Å². The summed E-state index contributed by atoms with van der Waals surface area (Å²) in [7, 11) is 3.14. The van der Waals surface area contributed by atoms with E-state index in [2.05, 4.69) is 10.6 Å². The van der Waals surface area contributed by atoms with E-state index in [4.69, 9.17) is 9.47 Å². The summed E-state index contributed by atoms with van der Waals surface area (Å²) in [5.74, 6) is 1.73. The molecule has 1 unspecified atom stereocenters. The minimum absolute atomic E-state index is 0. The third-order valence-electron chi connectivity index (χ3n) is 4.60. The summed E-state index contributed by atoms with van der Waals surface area (Å²) in [6.45, 7) is 1.69. The van der Waals surface area contributed by atoms with Crippen molar-refractivity contribution in [3.05, 3.63) is 18.2 Å². The van der Waals surface area contributed by atoms with E-state index in [9.17, 15) is 9.59 Å². The number of ether oxygens (including phenoxy) is 2. The number of nitrogens with one attached hydrogen (secondary N) is 2. The SMILES string of the molecule is COc1cc(OC)cc(N2CCC(NC(=O)CNCC3CC3)C2=O)c1.Cl. The average molecular weight is 384 g/mol. The second-order valence-corrected chi connectivity index (χ2v) is 6.54. The summed E-state index contributed by atoms with van der Waals surface area (Å²) in [6, 6.07) is 4.87. The van der Waals surface area contributed by atoms with Gasteiger partial charge in [-0.2, -0.15) is 0 Å². The van der Waals surface area contributed by atoms with Gasteiger partial charge in [0.1, 0.15) is 17.5 Å². The highest BCUT2D eigenvalue weighted by Crippen LogP contribution is 2.31. The molecular weight excluding hydrogens is 358 g/mol. The van der Waals surface area contributed by atoms with Crippen molar-refractivity contribution in [3.8, 4) is 11.5 Å². The summed E-state index contributed by atoms with van der Waals surface area (Å²) in [5.41, 5.74) is 0.713. The summed E-state index contributed by atoms with van der Waals surface area (Å²) in [5, 5.41) is 5.96. The molecule has 8 heteroatoms. The first kappa shape index (κ1) is 20.3. The number of hydrogen-bond acceptors (Lipinski definition) is 5. The van der Waals surface area contributed by atoms with E-state index in [1.807, 2.05) is 0 Å². The zero-order valence-corrected chi connectivity index (χ0v) is 15.9. The molecule has 2 aliphatic rings. The minimum Gasteiger partial charge on any atom is -0.497 e. The molecule has 26 heavy (non-hydrogen) atoms. The van der Waals surface area contributed by atoms with E-state index >= 15 is 0 Å². The van der Waals surface area contributed by atoms with Crippen LogP contribution in [-0.4, -0.2) is 51.7 Å². The van der Waals surface area contributed by atoms with Crippen LogP contribution in [0.1, 0.15) is 19.3 Å². The number of nitrogens with zero attached hydrogens (tertiary/aromatic N) is 1. The third kappa shape index (κ3) is 5.02. The Labute approximate surface area is 159 Å². The maximum atomic E-state index is 12.6. The zero-order valence-electron chi connectivity index (χ0n) is 15.1. The van der Waals surface area contributed by atoms with Crippen molar-refractivity contribution >= 4 is 29.9 Å². The van der Waals surface area contributed by atoms with E-state index in [0.717, 1.165) is 12.5 Å². The second-order valence-electron chi connectivity index (χ2n) is 6.54. The van der Waals surface area contributed by atoms with Crippen LogP contribution in [0.3, 0.4) is 0 Å². The predicted octanol–water partition coefficient (Wildman–Crippen LogP) is 1.35. The Morgan fingerprint density at radius 3 is 2.38 bits per heavy atom. The van der Waals surface area contributed by atoms with Crippen molar-refractivity contribution in [2.45, 2.75) is 25.3 Å². The van der Waals surface area contributed by atoms with Crippen LogP contribution < -0.4 is 25.0 Å². The van der Waals surface area contributed by atoms with Crippen molar-refractivity contribution in [1.29, 1.82) is 0 Å². The lowest BCUT2D eigenvalue weighted by molar-refractivity contribution is -0.125. The molecule has 1 heterocycles. The average Bonchev–Trinajstić information content (AvgIpc) is 3.38. The van der Waals surface area contributed by atoms with Gasteiger partial charge in [0, 0.05) is 24.7 Å². The van der Waals surface area contributed by atoms with Crippen molar-refractivity contribution in [2.75, 3.05) is 38.8 Å². The van der Waals surface area contributed by atoms with Gasteiger partial charge in [0.2, 0.25) is 11.8 Å². The molecular formula is C18H26ClN3O4. The number of carbonyl (C=O) groups excluding carboxylic acids is 2. The molecule has 2 amide bonds. The smallest absolute Gasteiger partial charge is 0.249 e. The van der Waals surface area contributed by atoms with Gasteiger partial charge in [-0.05, 0) is 31.7 Å². The number of anilines is 1. The number of amides is 2. The largest absolute Gasteiger partial charge is 0.497 e. The van der Waals surface area contributed by atoms with Gasteiger partial charge in [-0.1, -0.05) is 0 Å². The molecule has 1 atom stereocenters. The predicted molar refractivity (Wildman–Crippen MR) is 101 cm³/mol. The highest BCUT2D eigenvalue weighted by molar-refractivity contribution is 6.01. The number of carbonyl (C=O) groups is 2. The Bertz CT molecular complexity index is 629. The first-order valence-corrected chi connectivity index (χ1v) is 8.65. The fourth-order valence-electron chi connectivity index (χ4n) is 2.98. The molecule has 1 saturated carbocycles. The zero-order chi connectivity index (χ0) is 17.8. The highest BCUT2D eigenvalue weighted by Gasteiger charge is 2.34. The highest BCUT2D eigenvalue weighted by atomic mass is 35.5. The quantitative estimate of drug-likeness (QED) is 0.708. The fourth-order valence-corrected chi connectivity index (χ4v) is 2.98. The number of methoxy groups -OCH3 is 2. The van der Waals surface area contributed by atoms with E-state index in [1.54, 1.807) is 37.3 Å². The first-order chi connectivity index (χ1) is 12.1. The molecule has 1 aliphatic carbocycles. The molecule has 0 bridgehead atoms. The summed E-state index contributed by atoms with van der Waals surface area (Å²) in [4.78, 5) is 26.3. The molecule has 3 rings (SSSR count). The molecule has 2 N–H and O–H groups in total. The van der Waals surface area contributed by atoms with Crippen LogP contribution in [0.5, 0.6) is 11.5 Å². The maximum Gasteiger partial charge on any atom is 0.249 e. The Balaban J connectivity index is 0.00000243. The van der Waals surface area contributed by atoms with Gasteiger partial charge in [-0.25, -0.2) is 0 Å². The number of halogens is 1. The van der Waals surface area contributed by atoms with Crippen molar-refractivity contribution in [1.82, 2.24) is 10.6 Å². The van der Waals surface area contributed by atoms with E-state index in [0.29, 0.717) is 30.2 Å². The monoisotopic (exact) mass is 383 g/mol. The lowest BCUT2D eigenvalue weighted by Crippen LogP contribution is -2.45. The summed E-state index contributed by atoms with van der Waals surface area (Å²) in [6.07, 6.45) is 3.08. The molecule has 1 aromatic carbocycles. The second kappa shape index (κ2) is 9.09. The molecule has 1 aliphatic heterocycles. The number of hydrogen-bond donors (Lipinski definition) is 2. The van der Waals surface area contributed by atoms with Gasteiger partial charge in [0.15, 0.2) is 0 Å². The minimum atomic E-state index is -0.479. The fraction of sp³-hybridized carbons (Fsp3) is 0.556. The van der Waals surface area contributed by atoms with Crippen LogP contribution in [0.2, 0.25) is 0 Å². The van der Waals surface area contributed by atoms with Gasteiger partial charge < -0.3 is 25.0 Å². The normalized spacial score (nSPS) is 19.1. The number of benzene rings is 1. The molecule has 1 saturated heterocycles. The lowest BCUT2D eigenvalue weighted by Gasteiger charge is -2.19. The van der Waals surface area contributed by atoms with Crippen molar-refractivity contribution in [3.63, 3.8) is 0 Å². The summed E-state index contributed by atoms with van der Waals surface area (Å²) < 4.78 is 10.5. The molecule has 7 nitrogen and oxygen atoms in total. The van der Waals surface area contributed by atoms with Gasteiger partial charge >= 0.3 is 0 Å². The van der Waals surface area contributed by atoms with Crippen LogP contribution in [0.25, 0.3) is 0 Å². The first-order valence-electron chi connectivity index (χ1n) is 8.65. The molecule has 0 spiro atoms. The van der Waals surface area contributed by atoms with Crippen LogP contribution >= 0.6 is 12.4 Å². The lowest BCUT2D eigenvalue weighted by atomic mass is 10.2. The van der Waals surface area contributed by atoms with Gasteiger partial charge in [-0.3, -0.25) is 9.59 Å². The third-order valence-corrected chi connectivity index (χ3v) is 4.60. The van der Waals surface area contributed by atoms with Crippen LogP contribution in [0, 0.1) is 5.92 Å². The number of rotatable bonds is 8. The van der Waals surface area contributed by atoms with Crippen molar-refractivity contribution < 1.29 is 19.1 Å². The van der Waals surface area contributed by atoms with Crippen LogP contribution in [-0.2, 0) is 9.59 Å². The Kier molecular flexibility index (Phi) is 7.11.